The number of nitrogens with zero attached hydrogens (tertiary/aromatic N) is 4. The predicted molar refractivity (Wildman–Crippen MR) is 96.1 cm³/mol. The molecule has 0 unspecified atom stereocenters. The molecule has 2 N–H and O–H groups in total. The molecular formula is C17H19N5O2S. The number of aryl methyl sites for hydroxylation is 1. The quantitative estimate of drug-likeness (QED) is 0.773. The van der Waals surface area contributed by atoms with Crippen molar-refractivity contribution >= 4 is 20.9 Å². The summed E-state index contributed by atoms with van der Waals surface area (Å²) in [6, 6.07) is 9.49. The first kappa shape index (κ1) is 17.2. The molecule has 2 heterocycles. The molecule has 0 saturated carbocycles. The van der Waals surface area contributed by atoms with Gasteiger partial charge in [-0.25, -0.2) is 13.6 Å². The van der Waals surface area contributed by atoms with Gasteiger partial charge in [0.2, 0.25) is 10.0 Å². The van der Waals surface area contributed by atoms with E-state index in [9.17, 15) is 8.42 Å². The Morgan fingerprint density at radius 3 is 2.60 bits per heavy atom. The molecule has 0 aliphatic carbocycles. The lowest BCUT2D eigenvalue weighted by Gasteiger charge is -2.09. The van der Waals surface area contributed by atoms with E-state index in [1.54, 1.807) is 23.9 Å². The largest absolute Gasteiger partial charge is 0.344 e. The Labute approximate surface area is 146 Å². The third kappa shape index (κ3) is 3.29. The van der Waals surface area contributed by atoms with Crippen LogP contribution < -0.4 is 5.14 Å². The van der Waals surface area contributed by atoms with Crippen LogP contribution in [0.5, 0.6) is 0 Å². The highest BCUT2D eigenvalue weighted by Crippen LogP contribution is 2.33. The summed E-state index contributed by atoms with van der Waals surface area (Å²) in [5.74, 6) is -0.203. The summed E-state index contributed by atoms with van der Waals surface area (Å²) in [5.41, 5.74) is 3.70. The van der Waals surface area contributed by atoms with Gasteiger partial charge in [-0.1, -0.05) is 12.1 Å². The summed E-state index contributed by atoms with van der Waals surface area (Å²) >= 11 is 0. The van der Waals surface area contributed by atoms with Crippen LogP contribution in [0, 0.1) is 11.3 Å². The van der Waals surface area contributed by atoms with Crippen molar-refractivity contribution in [3.63, 3.8) is 0 Å². The Bertz CT molecular complexity index is 1100. The minimum Gasteiger partial charge on any atom is -0.344 e. The van der Waals surface area contributed by atoms with Crippen LogP contribution in [0.2, 0.25) is 0 Å². The molecule has 130 valence electrons. The van der Waals surface area contributed by atoms with Gasteiger partial charge >= 0.3 is 0 Å². The van der Waals surface area contributed by atoms with E-state index in [1.807, 2.05) is 18.3 Å². The Hall–Kier alpha value is -2.63. The van der Waals surface area contributed by atoms with Gasteiger partial charge in [-0.05, 0) is 25.5 Å². The molecule has 2 aromatic heterocycles. The second-order valence-corrected chi connectivity index (χ2v) is 7.97. The minimum absolute atomic E-state index is 0.185. The van der Waals surface area contributed by atoms with Gasteiger partial charge in [-0.3, -0.25) is 4.68 Å². The first-order valence-electron chi connectivity index (χ1n) is 7.78. The van der Waals surface area contributed by atoms with Gasteiger partial charge in [0.1, 0.15) is 6.07 Å². The van der Waals surface area contributed by atoms with Crippen LogP contribution in [0.1, 0.15) is 31.1 Å². The lowest BCUT2D eigenvalue weighted by molar-refractivity contribution is 0.597. The standard InChI is InChI=1S/C17H19N5O2S/c1-11(2)22-9-15(16-7-13(8-18)20-21(16)3)14-5-4-12(6-17(14)22)10-25(19,23)24/h4-7,9,11H,10H2,1-3H3,(H2,19,23,24). The lowest BCUT2D eigenvalue weighted by Crippen LogP contribution is -2.14. The maximum Gasteiger partial charge on any atom is 0.213 e. The van der Waals surface area contributed by atoms with E-state index in [0.29, 0.717) is 11.3 Å². The first-order valence-corrected chi connectivity index (χ1v) is 9.49. The van der Waals surface area contributed by atoms with Gasteiger partial charge < -0.3 is 4.57 Å². The van der Waals surface area contributed by atoms with E-state index in [4.69, 9.17) is 10.4 Å². The van der Waals surface area contributed by atoms with Crippen molar-refractivity contribution < 1.29 is 8.42 Å². The van der Waals surface area contributed by atoms with Crippen LogP contribution in [-0.2, 0) is 22.8 Å². The summed E-state index contributed by atoms with van der Waals surface area (Å²) in [6.45, 7) is 4.11. The first-order chi connectivity index (χ1) is 11.7. The number of sulfonamides is 1. The zero-order valence-electron chi connectivity index (χ0n) is 14.3. The molecule has 0 spiro atoms. The summed E-state index contributed by atoms with van der Waals surface area (Å²) < 4.78 is 26.5. The van der Waals surface area contributed by atoms with E-state index in [2.05, 4.69) is 29.6 Å². The SMILES string of the molecule is CC(C)n1cc(-c2cc(C#N)nn2C)c2ccc(CS(N)(=O)=O)cc21. The smallest absolute Gasteiger partial charge is 0.213 e. The van der Waals surface area contributed by atoms with E-state index in [-0.39, 0.29) is 11.8 Å². The van der Waals surface area contributed by atoms with Gasteiger partial charge in [0.15, 0.2) is 5.69 Å². The molecule has 8 heteroatoms. The number of hydrogen-bond donors (Lipinski definition) is 1. The maximum atomic E-state index is 11.4. The fourth-order valence-corrected chi connectivity index (χ4v) is 3.67. The van der Waals surface area contributed by atoms with Crippen LogP contribution >= 0.6 is 0 Å². The Morgan fingerprint density at radius 1 is 1.32 bits per heavy atom. The lowest BCUT2D eigenvalue weighted by atomic mass is 10.1. The van der Waals surface area contributed by atoms with E-state index in [1.165, 1.54) is 0 Å². The number of rotatable bonds is 4. The molecule has 0 amide bonds. The molecule has 0 aliphatic heterocycles. The minimum atomic E-state index is -3.59. The topological polar surface area (TPSA) is 107 Å². The Morgan fingerprint density at radius 2 is 2.04 bits per heavy atom. The molecular weight excluding hydrogens is 338 g/mol. The molecule has 7 nitrogen and oxygen atoms in total. The predicted octanol–water partition coefficient (Wildman–Crippen LogP) is 2.28. The monoisotopic (exact) mass is 357 g/mol. The number of aromatic nitrogens is 3. The van der Waals surface area contributed by atoms with Crippen molar-refractivity contribution in [3.8, 4) is 17.3 Å². The second kappa shape index (κ2) is 6.02. The van der Waals surface area contributed by atoms with Crippen LogP contribution in [0.25, 0.3) is 22.2 Å². The van der Waals surface area contributed by atoms with E-state index < -0.39 is 10.0 Å². The normalized spacial score (nSPS) is 12.0. The molecule has 1 aromatic carbocycles. The number of hydrogen-bond acceptors (Lipinski definition) is 4. The highest BCUT2D eigenvalue weighted by Gasteiger charge is 2.17. The van der Waals surface area contributed by atoms with Gasteiger partial charge in [0, 0.05) is 41.8 Å². The summed E-state index contributed by atoms with van der Waals surface area (Å²) in [6.07, 6.45) is 2.01. The van der Waals surface area contributed by atoms with Crippen LogP contribution in [0.3, 0.4) is 0 Å². The fourth-order valence-electron chi connectivity index (χ4n) is 3.02. The van der Waals surface area contributed by atoms with Crippen molar-refractivity contribution in [2.45, 2.75) is 25.6 Å². The van der Waals surface area contributed by atoms with Gasteiger partial charge in [-0.15, -0.1) is 0 Å². The highest BCUT2D eigenvalue weighted by atomic mass is 32.2. The molecule has 0 atom stereocenters. The average Bonchev–Trinajstić information content (AvgIpc) is 3.05. The zero-order valence-corrected chi connectivity index (χ0v) is 15.1. The Balaban J connectivity index is 2.24. The number of nitriles is 1. The maximum absolute atomic E-state index is 11.4. The van der Waals surface area contributed by atoms with Crippen molar-refractivity contribution in [1.82, 2.24) is 14.3 Å². The third-order valence-electron chi connectivity index (χ3n) is 4.09. The van der Waals surface area contributed by atoms with E-state index in [0.717, 1.165) is 22.2 Å². The molecule has 25 heavy (non-hydrogen) atoms. The van der Waals surface area contributed by atoms with Crippen molar-refractivity contribution in [2.75, 3.05) is 0 Å². The fraction of sp³-hybridized carbons (Fsp3) is 0.294. The zero-order chi connectivity index (χ0) is 18.4. The van der Waals surface area contributed by atoms with Crippen LogP contribution in [-0.4, -0.2) is 22.8 Å². The van der Waals surface area contributed by atoms with Gasteiger partial charge in [0.25, 0.3) is 0 Å². The summed E-state index contributed by atoms with van der Waals surface area (Å²) in [7, 11) is -1.79. The third-order valence-corrected chi connectivity index (χ3v) is 4.83. The average molecular weight is 357 g/mol. The molecule has 0 aliphatic rings. The molecule has 3 aromatic rings. The van der Waals surface area contributed by atoms with Gasteiger partial charge in [0.05, 0.1) is 11.4 Å². The van der Waals surface area contributed by atoms with Crippen molar-refractivity contribution in [3.05, 3.63) is 41.7 Å². The molecule has 0 radical (unpaired) electrons. The van der Waals surface area contributed by atoms with Crippen molar-refractivity contribution in [1.29, 1.82) is 5.26 Å². The summed E-state index contributed by atoms with van der Waals surface area (Å²) in [5, 5.41) is 19.4. The molecule has 0 saturated heterocycles. The van der Waals surface area contributed by atoms with Crippen LogP contribution in [0.4, 0.5) is 0 Å². The van der Waals surface area contributed by atoms with Crippen molar-refractivity contribution in [2.24, 2.45) is 12.2 Å². The van der Waals surface area contributed by atoms with E-state index >= 15 is 0 Å². The van der Waals surface area contributed by atoms with Crippen LogP contribution in [0.15, 0.2) is 30.5 Å². The summed E-state index contributed by atoms with van der Waals surface area (Å²) in [4.78, 5) is 0. The number of primary sulfonamides is 1. The molecule has 0 fully saturated rings. The molecule has 3 rings (SSSR count). The Kier molecular flexibility index (Phi) is 4.14. The molecule has 0 bridgehead atoms. The number of fused-ring (bicyclic) bond motifs is 1. The highest BCUT2D eigenvalue weighted by molar-refractivity contribution is 7.88. The van der Waals surface area contributed by atoms with Gasteiger partial charge in [-0.2, -0.15) is 10.4 Å². The number of benzene rings is 1. The number of nitrogens with two attached hydrogens (primary N) is 1. The second-order valence-electron chi connectivity index (χ2n) is 6.35.